The van der Waals surface area contributed by atoms with E-state index >= 15 is 0 Å². The number of nitrogens with one attached hydrogen (secondary N) is 1. The molecule has 3 heteroatoms. The first kappa shape index (κ1) is 12.6. The summed E-state index contributed by atoms with van der Waals surface area (Å²) in [7, 11) is 0. The van der Waals surface area contributed by atoms with Gasteiger partial charge in [-0.15, -0.1) is 0 Å². The molecule has 1 rings (SSSR count). The van der Waals surface area contributed by atoms with Crippen LogP contribution in [0.2, 0.25) is 0 Å². The van der Waals surface area contributed by atoms with E-state index in [2.05, 4.69) is 17.9 Å². The van der Waals surface area contributed by atoms with Gasteiger partial charge in [0.25, 0.3) is 0 Å². The standard InChI is InChI=1S/C12H19NOS/c1-12(2,15)9-13-8-11(14)10-6-4-3-5-7-10/h3-7,11,13-15H,8-9H2,1-2H3. The zero-order chi connectivity index (χ0) is 11.3. The van der Waals surface area contributed by atoms with E-state index in [1.54, 1.807) is 0 Å². The third-order valence-electron chi connectivity index (χ3n) is 2.08. The summed E-state index contributed by atoms with van der Waals surface area (Å²) in [5.74, 6) is 0. The molecule has 0 aliphatic rings. The van der Waals surface area contributed by atoms with Crippen LogP contribution in [0.4, 0.5) is 0 Å². The van der Waals surface area contributed by atoms with Crippen molar-refractivity contribution in [2.45, 2.75) is 24.7 Å². The fourth-order valence-electron chi connectivity index (χ4n) is 1.31. The number of rotatable bonds is 5. The SMILES string of the molecule is CC(C)(S)CNCC(O)c1ccccc1. The Morgan fingerprint density at radius 3 is 2.47 bits per heavy atom. The van der Waals surface area contributed by atoms with Crippen molar-refractivity contribution in [2.75, 3.05) is 13.1 Å². The molecule has 0 aromatic heterocycles. The Kier molecular flexibility index (Phi) is 4.64. The minimum atomic E-state index is -0.443. The molecule has 1 atom stereocenters. The Hall–Kier alpha value is -0.510. The molecule has 0 aliphatic carbocycles. The maximum atomic E-state index is 9.83. The van der Waals surface area contributed by atoms with Crippen molar-refractivity contribution in [1.82, 2.24) is 5.32 Å². The van der Waals surface area contributed by atoms with Gasteiger partial charge < -0.3 is 10.4 Å². The molecule has 0 radical (unpaired) electrons. The average Bonchev–Trinajstić information content (AvgIpc) is 2.17. The lowest BCUT2D eigenvalue weighted by molar-refractivity contribution is 0.174. The van der Waals surface area contributed by atoms with Crippen molar-refractivity contribution >= 4 is 12.6 Å². The quantitative estimate of drug-likeness (QED) is 0.670. The Labute approximate surface area is 97.1 Å². The molecule has 1 aromatic carbocycles. The van der Waals surface area contributed by atoms with Gasteiger partial charge in [0.1, 0.15) is 0 Å². The normalized spacial score (nSPS) is 13.9. The van der Waals surface area contributed by atoms with Gasteiger partial charge in [0.05, 0.1) is 6.10 Å². The van der Waals surface area contributed by atoms with E-state index in [-0.39, 0.29) is 4.75 Å². The number of aliphatic hydroxyl groups is 1. The zero-order valence-corrected chi connectivity index (χ0v) is 10.2. The van der Waals surface area contributed by atoms with E-state index in [9.17, 15) is 5.11 Å². The molecule has 0 fully saturated rings. The molecular formula is C12H19NOS. The summed E-state index contributed by atoms with van der Waals surface area (Å²) in [4.78, 5) is 0. The van der Waals surface area contributed by atoms with Crippen LogP contribution in [0.15, 0.2) is 30.3 Å². The van der Waals surface area contributed by atoms with Crippen molar-refractivity contribution in [3.63, 3.8) is 0 Å². The van der Waals surface area contributed by atoms with Gasteiger partial charge in [-0.1, -0.05) is 30.3 Å². The van der Waals surface area contributed by atoms with Crippen LogP contribution in [0.25, 0.3) is 0 Å². The summed E-state index contributed by atoms with van der Waals surface area (Å²) < 4.78 is -0.0452. The van der Waals surface area contributed by atoms with Gasteiger partial charge in [-0.05, 0) is 19.4 Å². The summed E-state index contributed by atoms with van der Waals surface area (Å²) in [5, 5.41) is 13.0. The van der Waals surface area contributed by atoms with Crippen LogP contribution in [0.3, 0.4) is 0 Å². The Balaban J connectivity index is 2.34. The van der Waals surface area contributed by atoms with Gasteiger partial charge in [-0.3, -0.25) is 0 Å². The Morgan fingerprint density at radius 2 is 1.93 bits per heavy atom. The van der Waals surface area contributed by atoms with Crippen LogP contribution >= 0.6 is 12.6 Å². The lowest BCUT2D eigenvalue weighted by Crippen LogP contribution is -2.33. The van der Waals surface area contributed by atoms with Crippen LogP contribution in [0.1, 0.15) is 25.5 Å². The molecular weight excluding hydrogens is 206 g/mol. The average molecular weight is 225 g/mol. The predicted octanol–water partition coefficient (Wildman–Crippen LogP) is 2.02. The number of hydrogen-bond acceptors (Lipinski definition) is 3. The predicted molar refractivity (Wildman–Crippen MR) is 67.3 cm³/mol. The van der Waals surface area contributed by atoms with E-state index in [1.807, 2.05) is 44.2 Å². The zero-order valence-electron chi connectivity index (χ0n) is 9.27. The molecule has 0 bridgehead atoms. The van der Waals surface area contributed by atoms with E-state index in [4.69, 9.17) is 0 Å². The molecule has 1 aromatic rings. The van der Waals surface area contributed by atoms with Crippen LogP contribution in [-0.4, -0.2) is 22.9 Å². The second kappa shape index (κ2) is 5.54. The van der Waals surface area contributed by atoms with Gasteiger partial charge >= 0.3 is 0 Å². The minimum absolute atomic E-state index is 0.0452. The number of benzene rings is 1. The summed E-state index contributed by atoms with van der Waals surface area (Å²) in [5.41, 5.74) is 0.946. The monoisotopic (exact) mass is 225 g/mol. The lowest BCUT2D eigenvalue weighted by atomic mass is 10.1. The number of thiol groups is 1. The smallest absolute Gasteiger partial charge is 0.0914 e. The molecule has 0 aliphatic heterocycles. The largest absolute Gasteiger partial charge is 0.387 e. The number of aliphatic hydroxyl groups excluding tert-OH is 1. The van der Waals surface area contributed by atoms with Gasteiger partial charge in [0.15, 0.2) is 0 Å². The molecule has 0 heterocycles. The first-order valence-electron chi connectivity index (χ1n) is 5.15. The van der Waals surface area contributed by atoms with Crippen LogP contribution in [0, 0.1) is 0 Å². The maximum Gasteiger partial charge on any atom is 0.0914 e. The van der Waals surface area contributed by atoms with Crippen LogP contribution in [0.5, 0.6) is 0 Å². The van der Waals surface area contributed by atoms with Crippen molar-refractivity contribution in [2.24, 2.45) is 0 Å². The molecule has 0 spiro atoms. The first-order valence-corrected chi connectivity index (χ1v) is 5.60. The Bertz CT molecular complexity index is 281. The molecule has 0 saturated heterocycles. The van der Waals surface area contributed by atoms with Gasteiger partial charge in [-0.2, -0.15) is 12.6 Å². The fraction of sp³-hybridized carbons (Fsp3) is 0.500. The molecule has 15 heavy (non-hydrogen) atoms. The Morgan fingerprint density at radius 1 is 1.33 bits per heavy atom. The maximum absolute atomic E-state index is 9.83. The third kappa shape index (κ3) is 5.21. The lowest BCUT2D eigenvalue weighted by Gasteiger charge is -2.19. The highest BCUT2D eigenvalue weighted by atomic mass is 32.1. The molecule has 1 unspecified atom stereocenters. The van der Waals surface area contributed by atoms with Crippen LogP contribution < -0.4 is 5.32 Å². The highest BCUT2D eigenvalue weighted by Gasteiger charge is 2.12. The molecule has 84 valence electrons. The van der Waals surface area contributed by atoms with Crippen molar-refractivity contribution < 1.29 is 5.11 Å². The highest BCUT2D eigenvalue weighted by Crippen LogP contribution is 2.12. The number of hydrogen-bond donors (Lipinski definition) is 3. The summed E-state index contributed by atoms with van der Waals surface area (Å²) >= 11 is 4.40. The molecule has 2 N–H and O–H groups in total. The second-order valence-corrected chi connectivity index (χ2v) is 5.58. The minimum Gasteiger partial charge on any atom is -0.387 e. The third-order valence-corrected chi connectivity index (χ3v) is 2.24. The molecule has 0 amide bonds. The first-order chi connectivity index (χ1) is 6.99. The highest BCUT2D eigenvalue weighted by molar-refractivity contribution is 7.81. The van der Waals surface area contributed by atoms with E-state index in [0.29, 0.717) is 6.54 Å². The topological polar surface area (TPSA) is 32.3 Å². The van der Waals surface area contributed by atoms with Crippen molar-refractivity contribution in [1.29, 1.82) is 0 Å². The van der Waals surface area contributed by atoms with Crippen molar-refractivity contribution in [3.8, 4) is 0 Å². The second-order valence-electron chi connectivity index (χ2n) is 4.37. The van der Waals surface area contributed by atoms with Gasteiger partial charge in [0.2, 0.25) is 0 Å². The van der Waals surface area contributed by atoms with Crippen molar-refractivity contribution in [3.05, 3.63) is 35.9 Å². The summed E-state index contributed by atoms with van der Waals surface area (Å²) in [6.07, 6.45) is -0.443. The summed E-state index contributed by atoms with van der Waals surface area (Å²) in [6, 6.07) is 9.67. The van der Waals surface area contributed by atoms with E-state index in [1.165, 1.54) is 0 Å². The van der Waals surface area contributed by atoms with E-state index in [0.717, 1.165) is 12.1 Å². The van der Waals surface area contributed by atoms with E-state index < -0.39 is 6.10 Å². The molecule has 0 saturated carbocycles. The summed E-state index contributed by atoms with van der Waals surface area (Å²) in [6.45, 7) is 5.42. The fourth-order valence-corrected chi connectivity index (χ4v) is 1.42. The van der Waals surface area contributed by atoms with Gasteiger partial charge in [-0.25, -0.2) is 0 Å². The van der Waals surface area contributed by atoms with Gasteiger partial charge in [0, 0.05) is 17.8 Å². The molecule has 2 nitrogen and oxygen atoms in total. The van der Waals surface area contributed by atoms with Crippen LogP contribution in [-0.2, 0) is 0 Å².